The smallest absolute Gasteiger partial charge is 0.274 e. The molecule has 0 spiro atoms. The number of nitrogens with zero attached hydrogens (tertiary/aromatic N) is 5. The van der Waals surface area contributed by atoms with E-state index in [0.717, 1.165) is 43.1 Å². The SMILES string of the molecule is [2H]C1([2H])CCN(c2cccc(C(=O)Nc3ccncc3)n2)CC(C)N1C1CCN(Cc2ccccc2Cl)CC1. The van der Waals surface area contributed by atoms with E-state index < -0.39 is 6.50 Å². The van der Waals surface area contributed by atoms with E-state index in [2.05, 4.69) is 43.0 Å². The molecular formula is C29H35ClN6O. The van der Waals surface area contributed by atoms with Gasteiger partial charge >= 0.3 is 0 Å². The average Bonchev–Trinajstić information content (AvgIpc) is 3.05. The Bertz CT molecular complexity index is 1270. The number of anilines is 2. The monoisotopic (exact) mass is 520 g/mol. The number of hydrogen-bond donors (Lipinski definition) is 1. The lowest BCUT2D eigenvalue weighted by molar-refractivity contribution is 0.0831. The molecule has 7 nitrogen and oxygen atoms in total. The maximum absolute atomic E-state index is 12.8. The standard InChI is InChI=1S/C29H35ClN6O/c1-22-20-35(28-9-4-8-27(33-28)29(37)32-24-10-14-31-15-11-24)16-5-17-36(22)25-12-18-34(19-13-25)21-23-6-2-3-7-26(23)30/h2-4,6-11,14-15,22,25H,5,12-13,16-21H2,1H3,(H,31,32,37)/i17D2. The molecule has 2 aliphatic rings. The highest BCUT2D eigenvalue weighted by Crippen LogP contribution is 2.26. The van der Waals surface area contributed by atoms with Crippen molar-refractivity contribution in [2.24, 2.45) is 0 Å². The third-order valence-electron chi connectivity index (χ3n) is 7.17. The van der Waals surface area contributed by atoms with Crippen LogP contribution in [0.2, 0.25) is 5.02 Å². The van der Waals surface area contributed by atoms with Crippen molar-refractivity contribution >= 4 is 29.0 Å². The zero-order chi connectivity index (χ0) is 27.4. The van der Waals surface area contributed by atoms with E-state index in [0.29, 0.717) is 36.7 Å². The van der Waals surface area contributed by atoms with Crippen LogP contribution in [0.3, 0.4) is 0 Å². The summed E-state index contributed by atoms with van der Waals surface area (Å²) in [4.78, 5) is 28.1. The summed E-state index contributed by atoms with van der Waals surface area (Å²) in [7, 11) is 0. The molecule has 8 heteroatoms. The van der Waals surface area contributed by atoms with Crippen molar-refractivity contribution in [1.29, 1.82) is 0 Å². The van der Waals surface area contributed by atoms with E-state index in [9.17, 15) is 4.79 Å². The number of piperidine rings is 1. The number of nitrogens with one attached hydrogen (secondary N) is 1. The fraction of sp³-hybridized carbons (Fsp3) is 0.414. The molecule has 0 radical (unpaired) electrons. The highest BCUT2D eigenvalue weighted by atomic mass is 35.5. The molecule has 0 bridgehead atoms. The minimum atomic E-state index is -1.43. The van der Waals surface area contributed by atoms with Crippen LogP contribution in [0.15, 0.2) is 67.0 Å². The molecule has 3 aromatic rings. The molecule has 2 saturated heterocycles. The first kappa shape index (κ1) is 23.1. The maximum atomic E-state index is 12.8. The van der Waals surface area contributed by atoms with Gasteiger partial charge in [0.15, 0.2) is 0 Å². The number of aromatic nitrogens is 2. The van der Waals surface area contributed by atoms with E-state index in [1.54, 1.807) is 30.6 Å². The number of likely N-dealkylation sites (tertiary alicyclic amines) is 1. The molecule has 1 aromatic carbocycles. The number of carbonyl (C=O) groups is 1. The fourth-order valence-electron chi connectivity index (χ4n) is 5.24. The summed E-state index contributed by atoms with van der Waals surface area (Å²) in [6, 6.07) is 17.0. The van der Waals surface area contributed by atoms with Crippen LogP contribution in [0.1, 0.15) is 45.0 Å². The molecule has 1 N–H and O–H groups in total. The summed E-state index contributed by atoms with van der Waals surface area (Å²) in [6.45, 7) is 4.49. The first-order valence-electron chi connectivity index (χ1n) is 14.0. The number of rotatable bonds is 6. The summed E-state index contributed by atoms with van der Waals surface area (Å²) >= 11 is 6.38. The van der Waals surface area contributed by atoms with Gasteiger partial charge in [0.2, 0.25) is 0 Å². The van der Waals surface area contributed by atoms with E-state index in [1.165, 1.54) is 0 Å². The largest absolute Gasteiger partial charge is 0.355 e. The lowest BCUT2D eigenvalue weighted by Crippen LogP contribution is -2.49. The molecule has 1 atom stereocenters. The van der Waals surface area contributed by atoms with Gasteiger partial charge in [-0.1, -0.05) is 35.9 Å². The number of pyridine rings is 2. The van der Waals surface area contributed by atoms with Gasteiger partial charge in [-0.15, -0.1) is 0 Å². The molecule has 37 heavy (non-hydrogen) atoms. The van der Waals surface area contributed by atoms with Crippen molar-refractivity contribution in [3.63, 3.8) is 0 Å². The molecule has 1 amide bonds. The van der Waals surface area contributed by atoms with Crippen LogP contribution in [-0.2, 0) is 6.54 Å². The minimum absolute atomic E-state index is 0.0151. The Morgan fingerprint density at radius 2 is 1.86 bits per heavy atom. The van der Waals surface area contributed by atoms with Gasteiger partial charge in [-0.2, -0.15) is 0 Å². The first-order valence-corrected chi connectivity index (χ1v) is 13.4. The van der Waals surface area contributed by atoms with Crippen molar-refractivity contribution in [3.8, 4) is 0 Å². The van der Waals surface area contributed by atoms with Crippen molar-refractivity contribution in [3.05, 3.63) is 83.3 Å². The van der Waals surface area contributed by atoms with Crippen molar-refractivity contribution in [2.75, 3.05) is 42.9 Å². The second-order valence-corrected chi connectivity index (χ2v) is 10.2. The van der Waals surface area contributed by atoms with E-state index in [4.69, 9.17) is 14.3 Å². The summed E-state index contributed by atoms with van der Waals surface area (Å²) in [5.74, 6) is 0.405. The Labute approximate surface area is 227 Å². The normalized spacial score (nSPS) is 22.1. The maximum Gasteiger partial charge on any atom is 0.274 e. The third kappa shape index (κ3) is 6.47. The lowest BCUT2D eigenvalue weighted by Gasteiger charge is -2.41. The molecule has 2 fully saturated rings. The van der Waals surface area contributed by atoms with E-state index >= 15 is 0 Å². The predicted octanol–water partition coefficient (Wildman–Crippen LogP) is 4.95. The molecule has 4 heterocycles. The molecule has 194 valence electrons. The molecule has 0 aliphatic carbocycles. The van der Waals surface area contributed by atoms with Crippen LogP contribution in [-0.4, -0.2) is 70.4 Å². The molecule has 2 aromatic heterocycles. The summed E-state index contributed by atoms with van der Waals surface area (Å²) in [6.07, 6.45) is 5.45. The van der Waals surface area contributed by atoms with Crippen LogP contribution in [0.4, 0.5) is 11.5 Å². The molecular weight excluding hydrogens is 484 g/mol. The van der Waals surface area contributed by atoms with Crippen molar-refractivity contribution in [1.82, 2.24) is 19.8 Å². The van der Waals surface area contributed by atoms with Gasteiger partial charge in [0, 0.05) is 64.1 Å². The van der Waals surface area contributed by atoms with Crippen LogP contribution in [0, 0.1) is 0 Å². The second-order valence-electron chi connectivity index (χ2n) is 9.78. The first-order chi connectivity index (χ1) is 18.8. The van der Waals surface area contributed by atoms with Crippen molar-refractivity contribution in [2.45, 2.75) is 44.8 Å². The quantitative estimate of drug-likeness (QED) is 0.496. The Kier molecular flexibility index (Phi) is 7.52. The van der Waals surface area contributed by atoms with Gasteiger partial charge in [-0.05, 0) is 75.2 Å². The topological polar surface area (TPSA) is 64.6 Å². The number of hydrogen-bond acceptors (Lipinski definition) is 6. The summed E-state index contributed by atoms with van der Waals surface area (Å²) < 4.78 is 18.0. The second kappa shape index (κ2) is 12.0. The Morgan fingerprint density at radius 1 is 1.08 bits per heavy atom. The fourth-order valence-corrected chi connectivity index (χ4v) is 5.44. The number of halogens is 1. The Hall–Kier alpha value is -3.00. The lowest BCUT2D eigenvalue weighted by atomic mass is 10.0. The van der Waals surface area contributed by atoms with Gasteiger partial charge in [-0.3, -0.25) is 19.6 Å². The van der Waals surface area contributed by atoms with E-state index in [1.807, 2.05) is 30.3 Å². The van der Waals surface area contributed by atoms with Crippen LogP contribution >= 0.6 is 11.6 Å². The van der Waals surface area contributed by atoms with E-state index in [-0.39, 0.29) is 18.0 Å². The van der Waals surface area contributed by atoms with Gasteiger partial charge in [0.05, 0.1) is 0 Å². The van der Waals surface area contributed by atoms with Gasteiger partial charge in [-0.25, -0.2) is 4.98 Å². The molecule has 5 rings (SSSR count). The highest BCUT2D eigenvalue weighted by molar-refractivity contribution is 6.31. The zero-order valence-corrected chi connectivity index (χ0v) is 21.9. The number of amides is 1. The average molecular weight is 521 g/mol. The minimum Gasteiger partial charge on any atom is -0.355 e. The zero-order valence-electron chi connectivity index (χ0n) is 23.2. The van der Waals surface area contributed by atoms with Gasteiger partial charge in [0.25, 0.3) is 5.91 Å². The van der Waals surface area contributed by atoms with Crippen LogP contribution < -0.4 is 10.2 Å². The van der Waals surface area contributed by atoms with Crippen LogP contribution in [0.25, 0.3) is 0 Å². The summed E-state index contributed by atoms with van der Waals surface area (Å²) in [5, 5.41) is 3.65. The number of carbonyl (C=O) groups excluding carboxylic acids is 1. The Balaban J connectivity index is 1.24. The number of benzene rings is 1. The Morgan fingerprint density at radius 3 is 2.65 bits per heavy atom. The summed E-state index contributed by atoms with van der Waals surface area (Å²) in [5.41, 5.74) is 2.12. The molecule has 0 saturated carbocycles. The molecule has 2 aliphatic heterocycles. The molecule has 1 unspecified atom stereocenters. The van der Waals surface area contributed by atoms with Gasteiger partial charge < -0.3 is 10.2 Å². The third-order valence-corrected chi connectivity index (χ3v) is 7.54. The highest BCUT2D eigenvalue weighted by Gasteiger charge is 2.31. The predicted molar refractivity (Wildman–Crippen MR) is 149 cm³/mol. The van der Waals surface area contributed by atoms with Crippen LogP contribution in [0.5, 0.6) is 0 Å². The van der Waals surface area contributed by atoms with Gasteiger partial charge in [0.1, 0.15) is 11.5 Å². The van der Waals surface area contributed by atoms with Crippen molar-refractivity contribution < 1.29 is 7.54 Å².